The predicted octanol–water partition coefficient (Wildman–Crippen LogP) is 5.35. The number of thioether (sulfide) groups is 1. The lowest BCUT2D eigenvalue weighted by Crippen LogP contribution is -2.19. The maximum atomic E-state index is 13.0. The maximum Gasteiger partial charge on any atom is 0.417 e. The molecule has 1 saturated heterocycles. The number of hydrogen-bond acceptors (Lipinski definition) is 5. The van der Waals surface area contributed by atoms with Crippen molar-refractivity contribution < 1.29 is 27.8 Å². The lowest BCUT2D eigenvalue weighted by molar-refractivity contribution is -0.137. The van der Waals surface area contributed by atoms with Crippen molar-refractivity contribution in [2.24, 2.45) is 4.99 Å². The van der Waals surface area contributed by atoms with Crippen LogP contribution < -0.4 is 10.1 Å². The number of carbonyl (C=O) groups excluding carboxylic acids is 1. The van der Waals surface area contributed by atoms with E-state index in [1.165, 1.54) is 12.1 Å². The highest BCUT2D eigenvalue weighted by molar-refractivity contribution is 8.18. The minimum absolute atomic E-state index is 0.00837. The Morgan fingerprint density at radius 3 is 2.72 bits per heavy atom. The molecule has 152 valence electrons. The predicted molar refractivity (Wildman–Crippen MR) is 107 cm³/mol. The molecule has 0 saturated carbocycles. The van der Waals surface area contributed by atoms with Gasteiger partial charge in [-0.05, 0) is 60.7 Å². The average molecular weight is 443 g/mol. The van der Waals surface area contributed by atoms with Crippen molar-refractivity contribution in [1.82, 2.24) is 5.32 Å². The van der Waals surface area contributed by atoms with Gasteiger partial charge in [-0.3, -0.25) is 4.79 Å². The van der Waals surface area contributed by atoms with E-state index in [-0.39, 0.29) is 22.4 Å². The number of ether oxygens (including phenoxy) is 1. The lowest BCUT2D eigenvalue weighted by atomic mass is 10.2. The zero-order chi connectivity index (χ0) is 21.2. The minimum Gasteiger partial charge on any atom is -0.504 e. The topological polar surface area (TPSA) is 70.9 Å². The number of benzene rings is 2. The van der Waals surface area contributed by atoms with Gasteiger partial charge in [-0.2, -0.15) is 13.2 Å². The average Bonchev–Trinajstić information content (AvgIpc) is 2.98. The third-order valence-corrected chi connectivity index (χ3v) is 4.96. The van der Waals surface area contributed by atoms with Gasteiger partial charge in [-0.25, -0.2) is 4.99 Å². The Kier molecular flexibility index (Phi) is 6.09. The zero-order valence-corrected chi connectivity index (χ0v) is 16.5. The number of nitrogens with one attached hydrogen (secondary N) is 1. The molecule has 0 unspecified atom stereocenters. The molecular weight excluding hydrogens is 429 g/mol. The van der Waals surface area contributed by atoms with Gasteiger partial charge in [0.1, 0.15) is 0 Å². The second kappa shape index (κ2) is 8.38. The summed E-state index contributed by atoms with van der Waals surface area (Å²) in [4.78, 5) is 16.5. The molecule has 0 aliphatic carbocycles. The molecule has 1 aliphatic rings. The van der Waals surface area contributed by atoms with Gasteiger partial charge in [-0.15, -0.1) is 0 Å². The molecule has 0 spiro atoms. The van der Waals surface area contributed by atoms with Crippen LogP contribution in [-0.2, 0) is 11.0 Å². The highest BCUT2D eigenvalue weighted by Gasteiger charge is 2.33. The van der Waals surface area contributed by atoms with Crippen molar-refractivity contribution in [3.8, 4) is 11.5 Å². The highest BCUT2D eigenvalue weighted by atomic mass is 35.5. The van der Waals surface area contributed by atoms with Crippen LogP contribution in [0.1, 0.15) is 18.1 Å². The summed E-state index contributed by atoms with van der Waals surface area (Å²) in [5, 5.41) is 12.0. The van der Waals surface area contributed by atoms with E-state index in [9.17, 15) is 23.1 Å². The summed E-state index contributed by atoms with van der Waals surface area (Å²) in [6, 6.07) is 7.86. The fourth-order valence-electron chi connectivity index (χ4n) is 2.44. The first kappa shape index (κ1) is 21.1. The zero-order valence-electron chi connectivity index (χ0n) is 14.9. The standard InChI is InChI=1S/C19H14ClF3N2O3S/c1-2-28-15-7-10(3-6-14(15)26)8-16-17(27)25-18(29-16)24-11-4-5-13(20)12(9-11)19(21,22)23/h3-9,26H,2H2,1H3,(H,24,25,27)/b16-8+. The number of amidine groups is 1. The number of rotatable bonds is 4. The van der Waals surface area contributed by atoms with Crippen molar-refractivity contribution in [3.05, 3.63) is 57.5 Å². The molecule has 5 nitrogen and oxygen atoms in total. The van der Waals surface area contributed by atoms with E-state index in [4.69, 9.17) is 16.3 Å². The molecule has 1 heterocycles. The van der Waals surface area contributed by atoms with Crippen LogP contribution in [0.15, 0.2) is 46.3 Å². The number of nitrogens with zero attached hydrogens (tertiary/aromatic N) is 1. The fourth-order valence-corrected chi connectivity index (χ4v) is 3.51. The first-order chi connectivity index (χ1) is 13.7. The molecule has 0 radical (unpaired) electrons. The normalized spacial score (nSPS) is 17.1. The third-order valence-electron chi connectivity index (χ3n) is 3.72. The Balaban J connectivity index is 1.85. The van der Waals surface area contributed by atoms with Crippen LogP contribution in [0.5, 0.6) is 11.5 Å². The van der Waals surface area contributed by atoms with Gasteiger partial charge < -0.3 is 15.2 Å². The van der Waals surface area contributed by atoms with E-state index < -0.39 is 22.7 Å². The van der Waals surface area contributed by atoms with E-state index in [1.807, 2.05) is 0 Å². The Labute approximate surface area is 173 Å². The van der Waals surface area contributed by atoms with Gasteiger partial charge in [0.05, 0.1) is 27.8 Å². The molecule has 1 aliphatic heterocycles. The Hall–Kier alpha value is -2.65. The van der Waals surface area contributed by atoms with Gasteiger partial charge >= 0.3 is 6.18 Å². The third kappa shape index (κ3) is 5.04. The van der Waals surface area contributed by atoms with Crippen LogP contribution >= 0.6 is 23.4 Å². The number of phenolic OH excluding ortho intramolecular Hbond substituents is 1. The number of carbonyl (C=O) groups is 1. The first-order valence-electron chi connectivity index (χ1n) is 8.29. The Bertz CT molecular complexity index is 1020. The summed E-state index contributed by atoms with van der Waals surface area (Å²) in [5.41, 5.74) is -0.385. The molecule has 2 N–H and O–H groups in total. The largest absolute Gasteiger partial charge is 0.504 e. The molecule has 0 bridgehead atoms. The second-order valence-corrected chi connectivity index (χ2v) is 7.24. The van der Waals surface area contributed by atoms with Crippen LogP contribution in [0, 0.1) is 0 Å². The van der Waals surface area contributed by atoms with E-state index in [1.54, 1.807) is 25.1 Å². The van der Waals surface area contributed by atoms with Crippen LogP contribution in [0.4, 0.5) is 18.9 Å². The number of hydrogen-bond donors (Lipinski definition) is 2. The smallest absolute Gasteiger partial charge is 0.417 e. The molecule has 10 heteroatoms. The summed E-state index contributed by atoms with van der Waals surface area (Å²) < 4.78 is 44.2. The minimum atomic E-state index is -4.61. The summed E-state index contributed by atoms with van der Waals surface area (Å²) in [7, 11) is 0. The van der Waals surface area contributed by atoms with Gasteiger partial charge in [-0.1, -0.05) is 17.7 Å². The SMILES string of the molecule is CCOc1cc(/C=C2/SC(=Nc3ccc(Cl)c(C(F)(F)F)c3)NC2=O)ccc1O. The molecule has 0 aromatic heterocycles. The number of aromatic hydroxyl groups is 1. The van der Waals surface area contributed by atoms with Gasteiger partial charge in [0, 0.05) is 0 Å². The lowest BCUT2D eigenvalue weighted by Gasteiger charge is -2.09. The Morgan fingerprint density at radius 2 is 2.03 bits per heavy atom. The van der Waals surface area contributed by atoms with Crippen LogP contribution in [0.3, 0.4) is 0 Å². The second-order valence-electron chi connectivity index (χ2n) is 5.80. The van der Waals surface area contributed by atoms with E-state index in [0.29, 0.717) is 17.1 Å². The van der Waals surface area contributed by atoms with Crippen LogP contribution in [-0.4, -0.2) is 22.8 Å². The fraction of sp³-hybridized carbons (Fsp3) is 0.158. The molecule has 2 aromatic rings. The van der Waals surface area contributed by atoms with E-state index >= 15 is 0 Å². The first-order valence-corrected chi connectivity index (χ1v) is 9.49. The molecule has 29 heavy (non-hydrogen) atoms. The molecule has 1 amide bonds. The van der Waals surface area contributed by atoms with Crippen LogP contribution in [0.25, 0.3) is 6.08 Å². The number of alkyl halides is 3. The summed E-state index contributed by atoms with van der Waals surface area (Å²) >= 11 is 6.58. The molecular formula is C19H14ClF3N2O3S. The quantitative estimate of drug-likeness (QED) is 0.626. The van der Waals surface area contributed by atoms with Crippen LogP contribution in [0.2, 0.25) is 5.02 Å². The molecule has 0 atom stereocenters. The number of aliphatic imine (C=N–C) groups is 1. The van der Waals surface area contributed by atoms with Crippen molar-refractivity contribution in [1.29, 1.82) is 0 Å². The summed E-state index contributed by atoms with van der Waals surface area (Å²) in [6.07, 6.45) is -3.05. The van der Waals surface area contributed by atoms with Crippen molar-refractivity contribution >= 4 is 46.2 Å². The van der Waals surface area contributed by atoms with Gasteiger partial charge in [0.15, 0.2) is 16.7 Å². The van der Waals surface area contributed by atoms with E-state index in [2.05, 4.69) is 10.3 Å². The van der Waals surface area contributed by atoms with Crippen molar-refractivity contribution in [2.75, 3.05) is 6.61 Å². The monoisotopic (exact) mass is 442 g/mol. The molecule has 1 fully saturated rings. The molecule has 2 aromatic carbocycles. The van der Waals surface area contributed by atoms with Gasteiger partial charge in [0.2, 0.25) is 0 Å². The Morgan fingerprint density at radius 1 is 1.28 bits per heavy atom. The number of phenols is 1. The summed E-state index contributed by atoms with van der Waals surface area (Å²) in [5.74, 6) is -0.187. The summed E-state index contributed by atoms with van der Waals surface area (Å²) in [6.45, 7) is 2.13. The molecule has 3 rings (SSSR count). The van der Waals surface area contributed by atoms with E-state index in [0.717, 1.165) is 23.9 Å². The number of amides is 1. The van der Waals surface area contributed by atoms with Gasteiger partial charge in [0.25, 0.3) is 5.91 Å². The maximum absolute atomic E-state index is 13.0. The number of halogens is 4. The highest BCUT2D eigenvalue weighted by Crippen LogP contribution is 2.37. The van der Waals surface area contributed by atoms with Crippen molar-refractivity contribution in [3.63, 3.8) is 0 Å². The van der Waals surface area contributed by atoms with Crippen molar-refractivity contribution in [2.45, 2.75) is 13.1 Å².